The zero-order valence-electron chi connectivity index (χ0n) is 11.3. The Morgan fingerprint density at radius 1 is 1.43 bits per heavy atom. The molecule has 0 aliphatic rings. The van der Waals surface area contributed by atoms with Crippen LogP contribution < -0.4 is 10.9 Å². The number of benzene rings is 1. The molecule has 0 spiro atoms. The summed E-state index contributed by atoms with van der Waals surface area (Å²) in [7, 11) is 0. The number of carbonyl (C=O) groups excluding carboxylic acids is 1. The van der Waals surface area contributed by atoms with Crippen molar-refractivity contribution in [3.05, 3.63) is 56.9 Å². The van der Waals surface area contributed by atoms with E-state index in [9.17, 15) is 9.59 Å². The van der Waals surface area contributed by atoms with E-state index < -0.39 is 0 Å². The smallest absolute Gasteiger partial charge is 0.251 e. The molecule has 0 radical (unpaired) electrons. The predicted octanol–water partition coefficient (Wildman–Crippen LogP) is 2.50. The van der Waals surface area contributed by atoms with Crippen molar-refractivity contribution in [3.8, 4) is 0 Å². The van der Waals surface area contributed by atoms with Gasteiger partial charge in [-0.15, -0.1) is 0 Å². The van der Waals surface area contributed by atoms with Crippen molar-refractivity contribution in [2.24, 2.45) is 0 Å². The number of aromatic nitrogens is 2. The summed E-state index contributed by atoms with van der Waals surface area (Å²) in [6.45, 7) is 1.92. The van der Waals surface area contributed by atoms with Crippen molar-refractivity contribution in [1.29, 1.82) is 0 Å². The molecule has 5 nitrogen and oxygen atoms in total. The Balaban J connectivity index is 1.90. The first kappa shape index (κ1) is 15.8. The highest BCUT2D eigenvalue weighted by Crippen LogP contribution is 2.22. The number of halogens is 1. The van der Waals surface area contributed by atoms with Crippen LogP contribution in [0.25, 0.3) is 0 Å². The van der Waals surface area contributed by atoms with E-state index in [1.807, 2.05) is 31.2 Å². The molecule has 7 heteroatoms. The topological polar surface area (TPSA) is 74.8 Å². The minimum absolute atomic E-state index is 0.101. The predicted molar refractivity (Wildman–Crippen MR) is 86.3 cm³/mol. The summed E-state index contributed by atoms with van der Waals surface area (Å²) in [5, 5.41) is 3.35. The zero-order chi connectivity index (χ0) is 15.2. The number of H-pyrrole nitrogens is 1. The Kier molecular flexibility index (Phi) is 5.58. The van der Waals surface area contributed by atoms with Gasteiger partial charge in [0.2, 0.25) is 5.91 Å². The van der Waals surface area contributed by atoms with E-state index in [-0.39, 0.29) is 23.3 Å². The highest BCUT2D eigenvalue weighted by molar-refractivity contribution is 9.10. The van der Waals surface area contributed by atoms with E-state index >= 15 is 0 Å². The summed E-state index contributed by atoms with van der Waals surface area (Å²) < 4.78 is 0.958. The van der Waals surface area contributed by atoms with Gasteiger partial charge in [0.15, 0.2) is 5.16 Å². The van der Waals surface area contributed by atoms with Crippen LogP contribution in [0.3, 0.4) is 0 Å². The van der Waals surface area contributed by atoms with E-state index in [0.29, 0.717) is 5.16 Å². The number of thioether (sulfide) groups is 1. The molecule has 0 aliphatic heterocycles. The number of carbonyl (C=O) groups is 1. The Labute approximate surface area is 134 Å². The molecule has 1 heterocycles. The molecule has 0 aliphatic carbocycles. The van der Waals surface area contributed by atoms with E-state index in [4.69, 9.17) is 0 Å². The Bertz CT molecular complexity index is 690. The number of hydrogen-bond acceptors (Lipinski definition) is 4. The summed E-state index contributed by atoms with van der Waals surface area (Å²) >= 11 is 4.66. The number of amides is 1. The van der Waals surface area contributed by atoms with Gasteiger partial charge in [0, 0.05) is 16.7 Å². The first-order valence-electron chi connectivity index (χ1n) is 6.28. The second kappa shape index (κ2) is 7.42. The normalized spacial score (nSPS) is 11.9. The van der Waals surface area contributed by atoms with Crippen molar-refractivity contribution in [2.45, 2.75) is 18.1 Å². The molecule has 1 unspecified atom stereocenters. The maximum absolute atomic E-state index is 11.9. The van der Waals surface area contributed by atoms with Crippen LogP contribution in [0.5, 0.6) is 0 Å². The van der Waals surface area contributed by atoms with Crippen LogP contribution in [0, 0.1) is 0 Å². The molecule has 0 saturated carbocycles. The summed E-state index contributed by atoms with van der Waals surface area (Å²) in [6, 6.07) is 8.98. The van der Waals surface area contributed by atoms with Gasteiger partial charge in [-0.05, 0) is 18.6 Å². The maximum atomic E-state index is 11.9. The largest absolute Gasteiger partial charge is 0.349 e. The number of nitrogens with zero attached hydrogens (tertiary/aromatic N) is 1. The Morgan fingerprint density at radius 2 is 2.19 bits per heavy atom. The van der Waals surface area contributed by atoms with Crippen molar-refractivity contribution in [1.82, 2.24) is 15.3 Å². The fourth-order valence-electron chi connectivity index (χ4n) is 1.75. The fraction of sp³-hybridized carbons (Fsp3) is 0.214. The van der Waals surface area contributed by atoms with Crippen molar-refractivity contribution >= 4 is 33.6 Å². The first-order chi connectivity index (χ1) is 10.1. The summed E-state index contributed by atoms with van der Waals surface area (Å²) in [4.78, 5) is 29.6. The molecule has 1 aromatic carbocycles. The average molecular weight is 368 g/mol. The Hall–Kier alpha value is -1.60. The van der Waals surface area contributed by atoms with Crippen LogP contribution in [0.15, 0.2) is 51.0 Å². The second-order valence-electron chi connectivity index (χ2n) is 4.34. The number of nitrogens with one attached hydrogen (secondary N) is 2. The molecular formula is C14H14BrN3O2S. The lowest BCUT2D eigenvalue weighted by Crippen LogP contribution is -2.28. The van der Waals surface area contributed by atoms with Crippen molar-refractivity contribution in [3.63, 3.8) is 0 Å². The third-order valence-electron chi connectivity index (χ3n) is 2.74. The monoisotopic (exact) mass is 367 g/mol. The first-order valence-corrected chi connectivity index (χ1v) is 8.06. The van der Waals surface area contributed by atoms with Gasteiger partial charge >= 0.3 is 0 Å². The summed E-state index contributed by atoms with van der Waals surface area (Å²) in [6.07, 6.45) is 1.42. The quantitative estimate of drug-likeness (QED) is 0.628. The van der Waals surface area contributed by atoms with Gasteiger partial charge in [0.25, 0.3) is 5.56 Å². The van der Waals surface area contributed by atoms with Crippen LogP contribution in [-0.4, -0.2) is 21.6 Å². The molecule has 1 aromatic heterocycles. The third-order valence-corrected chi connectivity index (χ3v) is 4.35. The van der Waals surface area contributed by atoms with Crippen LogP contribution >= 0.6 is 27.7 Å². The lowest BCUT2D eigenvalue weighted by atomic mass is 10.1. The van der Waals surface area contributed by atoms with Crippen LogP contribution in [-0.2, 0) is 4.79 Å². The minimum Gasteiger partial charge on any atom is -0.349 e. The molecule has 0 saturated heterocycles. The highest BCUT2D eigenvalue weighted by atomic mass is 79.9. The molecule has 0 fully saturated rings. The molecule has 2 aromatic rings. The SMILES string of the molecule is CC(NC(=O)CSc1nccc(=O)[nH]1)c1ccccc1Br. The maximum Gasteiger partial charge on any atom is 0.251 e. The summed E-state index contributed by atoms with van der Waals surface area (Å²) in [5.41, 5.74) is 0.789. The van der Waals surface area contributed by atoms with Gasteiger partial charge in [0.1, 0.15) is 0 Å². The van der Waals surface area contributed by atoms with Gasteiger partial charge in [-0.25, -0.2) is 4.98 Å². The standard InChI is InChI=1S/C14H14BrN3O2S/c1-9(10-4-2-3-5-11(10)15)17-13(20)8-21-14-16-7-6-12(19)18-14/h2-7,9H,8H2,1H3,(H,17,20)(H,16,18,19). The van der Waals surface area contributed by atoms with E-state index in [0.717, 1.165) is 10.0 Å². The molecule has 110 valence electrons. The third kappa shape index (κ3) is 4.71. The van der Waals surface area contributed by atoms with E-state index in [1.165, 1.54) is 24.0 Å². The van der Waals surface area contributed by atoms with Gasteiger partial charge in [-0.3, -0.25) is 9.59 Å². The highest BCUT2D eigenvalue weighted by Gasteiger charge is 2.12. The van der Waals surface area contributed by atoms with Crippen molar-refractivity contribution in [2.75, 3.05) is 5.75 Å². The van der Waals surface area contributed by atoms with Crippen molar-refractivity contribution < 1.29 is 4.79 Å². The zero-order valence-corrected chi connectivity index (χ0v) is 13.7. The molecule has 0 bridgehead atoms. The van der Waals surface area contributed by atoms with Crippen LogP contribution in [0.2, 0.25) is 0 Å². The molecule has 2 N–H and O–H groups in total. The second-order valence-corrected chi connectivity index (χ2v) is 6.16. The minimum atomic E-state index is -0.227. The molecule has 1 atom stereocenters. The average Bonchev–Trinajstić information content (AvgIpc) is 2.45. The number of hydrogen-bond donors (Lipinski definition) is 2. The van der Waals surface area contributed by atoms with Gasteiger partial charge in [-0.1, -0.05) is 45.9 Å². The number of aromatic amines is 1. The van der Waals surface area contributed by atoms with Crippen LogP contribution in [0.4, 0.5) is 0 Å². The summed E-state index contributed by atoms with van der Waals surface area (Å²) in [5.74, 6) is 0.0802. The lowest BCUT2D eigenvalue weighted by molar-refractivity contribution is -0.119. The fourth-order valence-corrected chi connectivity index (χ4v) is 3.03. The van der Waals surface area contributed by atoms with Gasteiger partial charge < -0.3 is 10.3 Å². The van der Waals surface area contributed by atoms with E-state index in [1.54, 1.807) is 0 Å². The molecule has 1 amide bonds. The molecule has 21 heavy (non-hydrogen) atoms. The van der Waals surface area contributed by atoms with Crippen LogP contribution in [0.1, 0.15) is 18.5 Å². The van der Waals surface area contributed by atoms with E-state index in [2.05, 4.69) is 31.2 Å². The molecular weight excluding hydrogens is 354 g/mol. The lowest BCUT2D eigenvalue weighted by Gasteiger charge is -2.15. The number of rotatable bonds is 5. The Morgan fingerprint density at radius 3 is 2.90 bits per heavy atom. The van der Waals surface area contributed by atoms with Gasteiger partial charge in [0.05, 0.1) is 11.8 Å². The molecule has 2 rings (SSSR count). The van der Waals surface area contributed by atoms with Gasteiger partial charge in [-0.2, -0.15) is 0 Å².